The summed E-state index contributed by atoms with van der Waals surface area (Å²) in [6, 6.07) is 0. The Hall–Kier alpha value is -1.01. The first-order valence-corrected chi connectivity index (χ1v) is 5.67. The van der Waals surface area contributed by atoms with Crippen LogP contribution in [0.3, 0.4) is 0 Å². The van der Waals surface area contributed by atoms with Crippen LogP contribution in [0.1, 0.15) is 24.3 Å². The van der Waals surface area contributed by atoms with Gasteiger partial charge in [0, 0.05) is 12.8 Å². The molecule has 0 aliphatic carbocycles. The van der Waals surface area contributed by atoms with Crippen molar-refractivity contribution >= 4 is 34.8 Å². The summed E-state index contributed by atoms with van der Waals surface area (Å²) in [4.78, 5) is 24.1. The maximum Gasteiger partial charge on any atom is 0.229 e. The fourth-order valence-electron chi connectivity index (χ4n) is 1.41. The number of imide groups is 1. The highest BCUT2D eigenvalue weighted by molar-refractivity contribution is 7.15. The van der Waals surface area contributed by atoms with Crippen molar-refractivity contribution in [3.63, 3.8) is 0 Å². The molecule has 1 fully saturated rings. The van der Waals surface area contributed by atoms with Gasteiger partial charge in [-0.3, -0.25) is 14.5 Å². The maximum atomic E-state index is 11.4. The summed E-state index contributed by atoms with van der Waals surface area (Å²) >= 11 is 6.79. The summed E-state index contributed by atoms with van der Waals surface area (Å²) in [6.45, 7) is 0.196. The Bertz CT molecular complexity index is 390. The molecule has 15 heavy (non-hydrogen) atoms. The molecule has 7 heteroatoms. The van der Waals surface area contributed by atoms with Gasteiger partial charge in [-0.2, -0.15) is 0 Å². The van der Waals surface area contributed by atoms with Crippen LogP contribution in [0.25, 0.3) is 0 Å². The number of rotatable bonds is 2. The Morgan fingerprint density at radius 1 is 1.27 bits per heavy atom. The van der Waals surface area contributed by atoms with E-state index in [2.05, 4.69) is 10.2 Å². The second-order valence-corrected chi connectivity index (χ2v) is 4.82. The Morgan fingerprint density at radius 3 is 2.47 bits per heavy atom. The summed E-state index contributed by atoms with van der Waals surface area (Å²) in [6.07, 6.45) is 1.50. The second kappa shape index (κ2) is 4.24. The minimum Gasteiger partial charge on any atom is -0.276 e. The third kappa shape index (κ3) is 2.32. The van der Waals surface area contributed by atoms with Gasteiger partial charge in [-0.15, -0.1) is 10.2 Å². The molecular weight excluding hydrogens is 238 g/mol. The number of hydrogen-bond donors (Lipinski definition) is 0. The Labute approximate surface area is 95.0 Å². The van der Waals surface area contributed by atoms with Gasteiger partial charge in [0.2, 0.25) is 16.3 Å². The number of aromatic nitrogens is 2. The zero-order chi connectivity index (χ0) is 10.8. The van der Waals surface area contributed by atoms with Crippen molar-refractivity contribution in [2.24, 2.45) is 0 Å². The lowest BCUT2D eigenvalue weighted by Crippen LogP contribution is -2.39. The average Bonchev–Trinajstić information content (AvgIpc) is 2.58. The van der Waals surface area contributed by atoms with Crippen LogP contribution in [0.2, 0.25) is 4.47 Å². The minimum absolute atomic E-state index is 0.141. The molecule has 0 N–H and O–H groups in total. The third-order valence-electron chi connectivity index (χ3n) is 2.12. The quantitative estimate of drug-likeness (QED) is 0.736. The van der Waals surface area contributed by atoms with Crippen molar-refractivity contribution in [1.82, 2.24) is 15.1 Å². The van der Waals surface area contributed by atoms with E-state index in [4.69, 9.17) is 11.6 Å². The Kier molecular flexibility index (Phi) is 2.97. The van der Waals surface area contributed by atoms with Crippen LogP contribution >= 0.6 is 22.9 Å². The van der Waals surface area contributed by atoms with Gasteiger partial charge in [0.05, 0.1) is 6.54 Å². The van der Waals surface area contributed by atoms with Gasteiger partial charge in [-0.1, -0.05) is 11.3 Å². The fraction of sp³-hybridized carbons (Fsp3) is 0.500. The van der Waals surface area contributed by atoms with Gasteiger partial charge in [0.1, 0.15) is 5.01 Å². The monoisotopic (exact) mass is 245 g/mol. The van der Waals surface area contributed by atoms with E-state index in [9.17, 15) is 9.59 Å². The molecule has 0 atom stereocenters. The van der Waals surface area contributed by atoms with Crippen LogP contribution in [0.5, 0.6) is 0 Å². The van der Waals surface area contributed by atoms with Crippen molar-refractivity contribution in [2.75, 3.05) is 0 Å². The van der Waals surface area contributed by atoms with Crippen LogP contribution in [-0.4, -0.2) is 26.9 Å². The van der Waals surface area contributed by atoms with E-state index in [1.165, 1.54) is 16.2 Å². The summed E-state index contributed by atoms with van der Waals surface area (Å²) in [5.41, 5.74) is 0. The average molecular weight is 246 g/mol. The van der Waals surface area contributed by atoms with Crippen LogP contribution in [0.15, 0.2) is 0 Å². The van der Waals surface area contributed by atoms with E-state index in [0.29, 0.717) is 28.7 Å². The first kappa shape index (κ1) is 10.5. The highest BCUT2D eigenvalue weighted by atomic mass is 35.5. The molecule has 0 radical (unpaired) electrons. The molecule has 2 heterocycles. The third-order valence-corrected chi connectivity index (χ3v) is 3.12. The zero-order valence-electron chi connectivity index (χ0n) is 7.77. The highest BCUT2D eigenvalue weighted by Crippen LogP contribution is 2.20. The first-order valence-electron chi connectivity index (χ1n) is 4.48. The van der Waals surface area contributed by atoms with E-state index < -0.39 is 0 Å². The smallest absolute Gasteiger partial charge is 0.229 e. The molecule has 1 aromatic heterocycles. The maximum absolute atomic E-state index is 11.4. The second-order valence-electron chi connectivity index (χ2n) is 3.18. The SMILES string of the molecule is O=C1CCCC(=O)N1Cc1nnc(Cl)s1. The topological polar surface area (TPSA) is 63.2 Å². The molecule has 0 spiro atoms. The zero-order valence-corrected chi connectivity index (χ0v) is 9.35. The number of hydrogen-bond acceptors (Lipinski definition) is 5. The molecule has 2 amide bonds. The normalized spacial score (nSPS) is 17.3. The number of carbonyl (C=O) groups is 2. The standard InChI is InChI=1S/C8H8ClN3O2S/c9-8-11-10-5(15-8)4-12-6(13)2-1-3-7(12)14/h1-4H2. The molecule has 0 saturated carbocycles. The van der Waals surface area contributed by atoms with Crippen LogP contribution < -0.4 is 0 Å². The van der Waals surface area contributed by atoms with Gasteiger partial charge in [0.25, 0.3) is 0 Å². The summed E-state index contributed by atoms with van der Waals surface area (Å²) < 4.78 is 0.321. The van der Waals surface area contributed by atoms with Crippen LogP contribution in [0.4, 0.5) is 0 Å². The molecule has 80 valence electrons. The Balaban J connectivity index is 2.09. The van der Waals surface area contributed by atoms with Crippen molar-refractivity contribution in [1.29, 1.82) is 0 Å². The van der Waals surface area contributed by atoms with Crippen molar-refractivity contribution in [3.8, 4) is 0 Å². The van der Waals surface area contributed by atoms with Crippen LogP contribution in [0, 0.1) is 0 Å². The first-order chi connectivity index (χ1) is 7.16. The number of nitrogens with zero attached hydrogens (tertiary/aromatic N) is 3. The number of likely N-dealkylation sites (tertiary alicyclic amines) is 1. The van der Waals surface area contributed by atoms with E-state index in [1.54, 1.807) is 0 Å². The van der Waals surface area contributed by atoms with Crippen molar-refractivity contribution in [3.05, 3.63) is 9.47 Å². The molecule has 0 bridgehead atoms. The molecule has 1 aliphatic heterocycles. The van der Waals surface area contributed by atoms with E-state index >= 15 is 0 Å². The molecular formula is C8H8ClN3O2S. The predicted octanol–water partition coefficient (Wildman–Crippen LogP) is 1.23. The highest BCUT2D eigenvalue weighted by Gasteiger charge is 2.26. The van der Waals surface area contributed by atoms with Gasteiger partial charge >= 0.3 is 0 Å². The minimum atomic E-state index is -0.141. The van der Waals surface area contributed by atoms with Gasteiger partial charge in [0.15, 0.2) is 0 Å². The molecule has 5 nitrogen and oxygen atoms in total. The van der Waals surface area contributed by atoms with Crippen LogP contribution in [-0.2, 0) is 16.1 Å². The fourth-order valence-corrected chi connectivity index (χ4v) is 2.26. The van der Waals surface area contributed by atoms with E-state index in [1.807, 2.05) is 0 Å². The number of halogens is 1. The Morgan fingerprint density at radius 2 is 1.93 bits per heavy atom. The van der Waals surface area contributed by atoms with Crippen molar-refractivity contribution in [2.45, 2.75) is 25.8 Å². The number of amides is 2. The largest absolute Gasteiger partial charge is 0.276 e. The summed E-state index contributed by atoms with van der Waals surface area (Å²) in [7, 11) is 0. The lowest BCUT2D eigenvalue weighted by Gasteiger charge is -2.23. The summed E-state index contributed by atoms with van der Waals surface area (Å²) in [5.74, 6) is -0.282. The lowest BCUT2D eigenvalue weighted by molar-refractivity contribution is -0.148. The lowest BCUT2D eigenvalue weighted by atomic mass is 10.1. The number of piperidine rings is 1. The molecule has 1 saturated heterocycles. The predicted molar refractivity (Wildman–Crippen MR) is 54.3 cm³/mol. The molecule has 2 rings (SSSR count). The molecule has 0 unspecified atom stereocenters. The van der Waals surface area contributed by atoms with E-state index in [-0.39, 0.29) is 18.4 Å². The molecule has 1 aromatic rings. The van der Waals surface area contributed by atoms with Gasteiger partial charge in [-0.05, 0) is 18.0 Å². The van der Waals surface area contributed by atoms with E-state index in [0.717, 1.165) is 0 Å². The van der Waals surface area contributed by atoms with Gasteiger partial charge < -0.3 is 0 Å². The van der Waals surface area contributed by atoms with Crippen molar-refractivity contribution < 1.29 is 9.59 Å². The summed E-state index contributed by atoms with van der Waals surface area (Å²) in [5, 5.41) is 7.97. The number of carbonyl (C=O) groups excluding carboxylic acids is 2. The molecule has 0 aromatic carbocycles. The molecule has 1 aliphatic rings. The van der Waals surface area contributed by atoms with Gasteiger partial charge in [-0.25, -0.2) is 0 Å².